The van der Waals surface area contributed by atoms with E-state index in [1.165, 1.54) is 32.2 Å². The monoisotopic (exact) mass is 290 g/mol. The molecule has 21 heavy (non-hydrogen) atoms. The predicted octanol–water partition coefficient (Wildman–Crippen LogP) is 2.23. The summed E-state index contributed by atoms with van der Waals surface area (Å²) in [6.07, 6.45) is 7.83. The molecule has 2 fully saturated rings. The standard InChI is InChI=1S/C16H26N4O/c1-2-10-21-16-11-15(18-12-19-16)20-8-5-13(6-9-20)14-4-3-7-17-14/h11-14,17H,2-10H2,1H3. The molecule has 3 heterocycles. The Morgan fingerprint density at radius 3 is 2.86 bits per heavy atom. The van der Waals surface area contributed by atoms with Crippen LogP contribution in [0.1, 0.15) is 39.0 Å². The molecule has 2 saturated heterocycles. The van der Waals surface area contributed by atoms with E-state index in [9.17, 15) is 0 Å². The lowest BCUT2D eigenvalue weighted by molar-refractivity contribution is 0.303. The zero-order chi connectivity index (χ0) is 14.5. The average Bonchev–Trinajstić information content (AvgIpc) is 3.08. The lowest BCUT2D eigenvalue weighted by Crippen LogP contribution is -2.41. The Morgan fingerprint density at radius 1 is 1.29 bits per heavy atom. The Morgan fingerprint density at radius 2 is 2.14 bits per heavy atom. The number of rotatable bonds is 5. The summed E-state index contributed by atoms with van der Waals surface area (Å²) >= 11 is 0. The molecule has 2 aliphatic heterocycles. The van der Waals surface area contributed by atoms with Gasteiger partial charge in [-0.15, -0.1) is 0 Å². The minimum absolute atomic E-state index is 0.696. The quantitative estimate of drug-likeness (QED) is 0.901. The zero-order valence-electron chi connectivity index (χ0n) is 12.9. The van der Waals surface area contributed by atoms with E-state index < -0.39 is 0 Å². The number of ether oxygens (including phenoxy) is 1. The van der Waals surface area contributed by atoms with E-state index in [0.717, 1.165) is 37.3 Å². The molecule has 1 atom stereocenters. The highest BCUT2D eigenvalue weighted by Crippen LogP contribution is 2.28. The number of anilines is 1. The highest BCUT2D eigenvalue weighted by atomic mass is 16.5. The van der Waals surface area contributed by atoms with Crippen LogP contribution in [0, 0.1) is 5.92 Å². The van der Waals surface area contributed by atoms with Gasteiger partial charge in [-0.25, -0.2) is 9.97 Å². The molecule has 116 valence electrons. The molecule has 0 spiro atoms. The summed E-state index contributed by atoms with van der Waals surface area (Å²) in [4.78, 5) is 11.0. The van der Waals surface area contributed by atoms with Crippen LogP contribution >= 0.6 is 0 Å². The summed E-state index contributed by atoms with van der Waals surface area (Å²) in [6, 6.07) is 2.73. The van der Waals surface area contributed by atoms with Crippen LogP contribution in [0.3, 0.4) is 0 Å². The Bertz CT molecular complexity index is 440. The van der Waals surface area contributed by atoms with Gasteiger partial charge < -0.3 is 15.0 Å². The number of piperidine rings is 1. The molecule has 0 aromatic carbocycles. The molecule has 1 N–H and O–H groups in total. The van der Waals surface area contributed by atoms with Crippen molar-refractivity contribution in [3.8, 4) is 5.88 Å². The van der Waals surface area contributed by atoms with Crippen LogP contribution in [-0.4, -0.2) is 42.3 Å². The molecule has 0 aliphatic carbocycles. The van der Waals surface area contributed by atoms with Crippen molar-refractivity contribution in [2.45, 2.75) is 45.1 Å². The van der Waals surface area contributed by atoms with Crippen LogP contribution in [0.5, 0.6) is 5.88 Å². The average molecular weight is 290 g/mol. The van der Waals surface area contributed by atoms with Crippen molar-refractivity contribution in [1.29, 1.82) is 0 Å². The lowest BCUT2D eigenvalue weighted by atomic mass is 9.88. The Hall–Kier alpha value is -1.36. The van der Waals surface area contributed by atoms with Crippen molar-refractivity contribution in [1.82, 2.24) is 15.3 Å². The third-order valence-corrected chi connectivity index (χ3v) is 4.61. The summed E-state index contributed by atoms with van der Waals surface area (Å²) in [5.41, 5.74) is 0. The van der Waals surface area contributed by atoms with Gasteiger partial charge in [0.25, 0.3) is 0 Å². The van der Waals surface area contributed by atoms with Gasteiger partial charge in [-0.2, -0.15) is 0 Å². The van der Waals surface area contributed by atoms with E-state index >= 15 is 0 Å². The van der Waals surface area contributed by atoms with Gasteiger partial charge in [0.05, 0.1) is 6.61 Å². The van der Waals surface area contributed by atoms with Gasteiger partial charge in [0, 0.05) is 25.2 Å². The van der Waals surface area contributed by atoms with Crippen molar-refractivity contribution in [2.24, 2.45) is 5.92 Å². The Balaban J connectivity index is 1.56. The van der Waals surface area contributed by atoms with E-state index in [1.54, 1.807) is 6.33 Å². The second-order valence-electron chi connectivity index (χ2n) is 6.09. The third kappa shape index (κ3) is 3.64. The fourth-order valence-corrected chi connectivity index (χ4v) is 3.43. The molecular formula is C16H26N4O. The first-order valence-electron chi connectivity index (χ1n) is 8.30. The molecule has 2 aliphatic rings. The van der Waals surface area contributed by atoms with Gasteiger partial charge in [0.15, 0.2) is 0 Å². The molecule has 5 nitrogen and oxygen atoms in total. The van der Waals surface area contributed by atoms with E-state index in [1.807, 2.05) is 6.07 Å². The minimum atomic E-state index is 0.696. The molecule has 3 rings (SSSR count). The summed E-state index contributed by atoms with van der Waals surface area (Å²) in [6.45, 7) is 6.20. The van der Waals surface area contributed by atoms with Crippen LogP contribution in [0.15, 0.2) is 12.4 Å². The zero-order valence-corrected chi connectivity index (χ0v) is 12.9. The van der Waals surface area contributed by atoms with Crippen molar-refractivity contribution in [2.75, 3.05) is 31.1 Å². The van der Waals surface area contributed by atoms with Crippen LogP contribution in [-0.2, 0) is 0 Å². The van der Waals surface area contributed by atoms with Gasteiger partial charge in [0.2, 0.25) is 5.88 Å². The van der Waals surface area contributed by atoms with Crippen LogP contribution in [0.25, 0.3) is 0 Å². The van der Waals surface area contributed by atoms with Gasteiger partial charge in [-0.1, -0.05) is 6.92 Å². The van der Waals surface area contributed by atoms with Crippen LogP contribution in [0.4, 0.5) is 5.82 Å². The van der Waals surface area contributed by atoms with E-state index in [4.69, 9.17) is 4.74 Å². The van der Waals surface area contributed by atoms with Crippen LogP contribution in [0.2, 0.25) is 0 Å². The smallest absolute Gasteiger partial charge is 0.218 e. The highest BCUT2D eigenvalue weighted by Gasteiger charge is 2.28. The summed E-state index contributed by atoms with van der Waals surface area (Å²) in [7, 11) is 0. The van der Waals surface area contributed by atoms with Gasteiger partial charge >= 0.3 is 0 Å². The largest absolute Gasteiger partial charge is 0.478 e. The minimum Gasteiger partial charge on any atom is -0.478 e. The topological polar surface area (TPSA) is 50.3 Å². The second kappa shape index (κ2) is 7.07. The first-order chi connectivity index (χ1) is 10.4. The number of nitrogens with zero attached hydrogens (tertiary/aromatic N) is 3. The number of hydrogen-bond acceptors (Lipinski definition) is 5. The van der Waals surface area contributed by atoms with Gasteiger partial charge in [-0.05, 0) is 44.6 Å². The highest BCUT2D eigenvalue weighted by molar-refractivity contribution is 5.41. The van der Waals surface area contributed by atoms with E-state index in [2.05, 4.69) is 27.1 Å². The normalized spacial score (nSPS) is 23.5. The van der Waals surface area contributed by atoms with Crippen molar-refractivity contribution in [3.63, 3.8) is 0 Å². The number of hydrogen-bond donors (Lipinski definition) is 1. The molecule has 5 heteroatoms. The molecule has 0 bridgehead atoms. The molecular weight excluding hydrogens is 264 g/mol. The Labute approximate surface area is 127 Å². The Kier molecular flexibility index (Phi) is 4.91. The second-order valence-corrected chi connectivity index (χ2v) is 6.09. The molecule has 1 aromatic heterocycles. The van der Waals surface area contributed by atoms with Crippen molar-refractivity contribution >= 4 is 5.82 Å². The van der Waals surface area contributed by atoms with Crippen molar-refractivity contribution < 1.29 is 4.74 Å². The number of aromatic nitrogens is 2. The summed E-state index contributed by atoms with van der Waals surface area (Å²) < 4.78 is 5.60. The maximum Gasteiger partial charge on any atom is 0.218 e. The van der Waals surface area contributed by atoms with Crippen molar-refractivity contribution in [3.05, 3.63) is 12.4 Å². The van der Waals surface area contributed by atoms with Gasteiger partial charge in [-0.3, -0.25) is 0 Å². The molecule has 1 unspecified atom stereocenters. The fraction of sp³-hybridized carbons (Fsp3) is 0.750. The lowest BCUT2D eigenvalue weighted by Gasteiger charge is -2.35. The maximum atomic E-state index is 5.60. The first-order valence-corrected chi connectivity index (χ1v) is 8.30. The molecule has 0 amide bonds. The molecule has 0 radical (unpaired) electrons. The van der Waals surface area contributed by atoms with E-state index in [0.29, 0.717) is 12.5 Å². The molecule has 0 saturated carbocycles. The maximum absolute atomic E-state index is 5.60. The predicted molar refractivity (Wildman–Crippen MR) is 83.8 cm³/mol. The van der Waals surface area contributed by atoms with E-state index in [-0.39, 0.29) is 0 Å². The third-order valence-electron chi connectivity index (χ3n) is 4.61. The fourth-order valence-electron chi connectivity index (χ4n) is 3.43. The van der Waals surface area contributed by atoms with Crippen LogP contribution < -0.4 is 15.0 Å². The molecule has 1 aromatic rings. The first kappa shape index (κ1) is 14.6. The summed E-state index contributed by atoms with van der Waals surface area (Å²) in [5.74, 6) is 2.54. The summed E-state index contributed by atoms with van der Waals surface area (Å²) in [5, 5.41) is 3.65. The SMILES string of the molecule is CCCOc1cc(N2CCC(C3CCCN3)CC2)ncn1. The number of nitrogens with one attached hydrogen (secondary N) is 1. The van der Waals surface area contributed by atoms with Gasteiger partial charge in [0.1, 0.15) is 12.1 Å².